The normalized spacial score (nSPS) is 22.3. The van der Waals surface area contributed by atoms with E-state index in [2.05, 4.69) is 6.92 Å². The van der Waals surface area contributed by atoms with Crippen LogP contribution in [0.1, 0.15) is 44.6 Å². The van der Waals surface area contributed by atoms with Crippen molar-refractivity contribution < 1.29 is 14.1 Å². The van der Waals surface area contributed by atoms with Crippen molar-refractivity contribution in [2.24, 2.45) is 11.8 Å². The minimum atomic E-state index is -0.798. The molecule has 2 rings (SSSR count). The van der Waals surface area contributed by atoms with E-state index in [0.29, 0.717) is 12.3 Å². The van der Waals surface area contributed by atoms with Gasteiger partial charge in [0.2, 0.25) is 5.82 Å². The predicted molar refractivity (Wildman–Crippen MR) is 77.5 cm³/mol. The minimum absolute atomic E-state index is 0.160. The number of nitro benzene ring substituents is 1. The van der Waals surface area contributed by atoms with Crippen LogP contribution >= 0.6 is 0 Å². The summed E-state index contributed by atoms with van der Waals surface area (Å²) in [5.74, 6) is -0.326. The van der Waals surface area contributed by atoms with E-state index in [-0.39, 0.29) is 23.7 Å². The van der Waals surface area contributed by atoms with Gasteiger partial charge in [-0.25, -0.2) is 0 Å². The lowest BCUT2D eigenvalue weighted by Crippen LogP contribution is -2.27. The Balaban J connectivity index is 2.15. The molecule has 1 fully saturated rings. The van der Waals surface area contributed by atoms with E-state index >= 15 is 0 Å². The van der Waals surface area contributed by atoms with Gasteiger partial charge in [0.1, 0.15) is 5.78 Å². The Morgan fingerprint density at radius 3 is 2.86 bits per heavy atom. The number of carbonyl (C=O) groups is 1. The highest BCUT2D eigenvalue weighted by atomic mass is 19.1. The second-order valence-corrected chi connectivity index (χ2v) is 5.80. The first-order valence-electron chi connectivity index (χ1n) is 7.47. The number of Topliss-reactive ketones (excluding diaryl/α,β-unsaturated/α-hetero) is 1. The third kappa shape index (κ3) is 3.65. The monoisotopic (exact) mass is 293 g/mol. The highest BCUT2D eigenvalue weighted by molar-refractivity contribution is 5.82. The molecular weight excluding hydrogens is 273 g/mol. The number of rotatable bonds is 5. The maximum absolute atomic E-state index is 14.1. The molecule has 0 aromatic heterocycles. The maximum Gasteiger partial charge on any atom is 0.305 e. The van der Waals surface area contributed by atoms with E-state index in [1.165, 1.54) is 6.07 Å². The Labute approximate surface area is 123 Å². The Morgan fingerprint density at radius 1 is 1.43 bits per heavy atom. The van der Waals surface area contributed by atoms with Gasteiger partial charge < -0.3 is 0 Å². The number of halogens is 1. The molecule has 0 bridgehead atoms. The van der Waals surface area contributed by atoms with Gasteiger partial charge >= 0.3 is 5.69 Å². The molecule has 5 heteroatoms. The number of nitrogens with zero attached hydrogens (tertiary/aromatic N) is 1. The summed E-state index contributed by atoms with van der Waals surface area (Å²) in [6.07, 6.45) is 4.67. The van der Waals surface area contributed by atoms with E-state index in [0.717, 1.165) is 31.7 Å². The molecule has 1 aliphatic carbocycles. The molecule has 1 saturated carbocycles. The molecule has 21 heavy (non-hydrogen) atoms. The number of ketones is 1. The summed E-state index contributed by atoms with van der Waals surface area (Å²) in [4.78, 5) is 22.1. The van der Waals surface area contributed by atoms with Crippen molar-refractivity contribution in [1.82, 2.24) is 0 Å². The molecule has 1 aromatic carbocycles. The number of benzene rings is 1. The molecule has 0 N–H and O–H groups in total. The van der Waals surface area contributed by atoms with Gasteiger partial charge in [-0.15, -0.1) is 0 Å². The Hall–Kier alpha value is -1.78. The second kappa shape index (κ2) is 6.78. The molecule has 0 radical (unpaired) electrons. The molecule has 2 unspecified atom stereocenters. The number of nitro groups is 1. The van der Waals surface area contributed by atoms with Crippen molar-refractivity contribution in [1.29, 1.82) is 0 Å². The van der Waals surface area contributed by atoms with Crippen LogP contribution in [0.25, 0.3) is 0 Å². The molecule has 2 atom stereocenters. The van der Waals surface area contributed by atoms with E-state index in [1.807, 2.05) is 0 Å². The van der Waals surface area contributed by atoms with Gasteiger partial charge in [0, 0.05) is 18.4 Å². The lowest BCUT2D eigenvalue weighted by Gasteiger charge is -2.28. The minimum Gasteiger partial charge on any atom is -0.299 e. The Morgan fingerprint density at radius 2 is 2.19 bits per heavy atom. The molecule has 0 heterocycles. The standard InChI is InChI=1S/C16H20FNO3/c1-2-4-11-7-8-15(19)13(9-11)10-12-5-3-6-14(16(12)17)18(20)21/h3,5-6,11,13H,2,4,7-10H2,1H3. The molecule has 0 saturated heterocycles. The number of hydrogen-bond donors (Lipinski definition) is 0. The first-order chi connectivity index (χ1) is 10.0. The molecule has 0 amide bonds. The average molecular weight is 293 g/mol. The van der Waals surface area contributed by atoms with Crippen LogP contribution in [0.2, 0.25) is 0 Å². The fourth-order valence-corrected chi connectivity index (χ4v) is 3.20. The zero-order valence-electron chi connectivity index (χ0n) is 12.2. The maximum atomic E-state index is 14.1. The molecule has 4 nitrogen and oxygen atoms in total. The van der Waals surface area contributed by atoms with Crippen LogP contribution < -0.4 is 0 Å². The molecular formula is C16H20FNO3. The van der Waals surface area contributed by atoms with Crippen LogP contribution in [0.4, 0.5) is 10.1 Å². The molecule has 0 spiro atoms. The van der Waals surface area contributed by atoms with Crippen molar-refractivity contribution in [3.63, 3.8) is 0 Å². The zero-order valence-corrected chi connectivity index (χ0v) is 12.2. The van der Waals surface area contributed by atoms with E-state index in [9.17, 15) is 19.3 Å². The fraction of sp³-hybridized carbons (Fsp3) is 0.562. The van der Waals surface area contributed by atoms with Crippen LogP contribution in [0.15, 0.2) is 18.2 Å². The van der Waals surface area contributed by atoms with Crippen molar-refractivity contribution >= 4 is 11.5 Å². The van der Waals surface area contributed by atoms with Crippen LogP contribution in [-0.4, -0.2) is 10.7 Å². The summed E-state index contributed by atoms with van der Waals surface area (Å²) in [7, 11) is 0. The third-order valence-electron chi connectivity index (χ3n) is 4.29. The number of hydrogen-bond acceptors (Lipinski definition) is 3. The van der Waals surface area contributed by atoms with Gasteiger partial charge in [0.15, 0.2) is 0 Å². The second-order valence-electron chi connectivity index (χ2n) is 5.80. The quantitative estimate of drug-likeness (QED) is 0.607. The largest absolute Gasteiger partial charge is 0.305 e. The van der Waals surface area contributed by atoms with Crippen molar-refractivity contribution in [3.05, 3.63) is 39.7 Å². The molecule has 0 aliphatic heterocycles. The first-order valence-corrected chi connectivity index (χ1v) is 7.47. The van der Waals surface area contributed by atoms with Crippen LogP contribution in [0.3, 0.4) is 0 Å². The summed E-state index contributed by atoms with van der Waals surface area (Å²) >= 11 is 0. The van der Waals surface area contributed by atoms with Gasteiger partial charge in [-0.1, -0.05) is 31.9 Å². The average Bonchev–Trinajstić information content (AvgIpc) is 2.44. The Kier molecular flexibility index (Phi) is 5.04. The third-order valence-corrected chi connectivity index (χ3v) is 4.29. The highest BCUT2D eigenvalue weighted by Gasteiger charge is 2.30. The first kappa shape index (κ1) is 15.6. The van der Waals surface area contributed by atoms with E-state index < -0.39 is 16.4 Å². The molecule has 1 aliphatic rings. The summed E-state index contributed by atoms with van der Waals surface area (Å²) < 4.78 is 14.1. The van der Waals surface area contributed by atoms with Crippen molar-refractivity contribution in [3.8, 4) is 0 Å². The zero-order chi connectivity index (χ0) is 15.4. The van der Waals surface area contributed by atoms with E-state index in [4.69, 9.17) is 0 Å². The topological polar surface area (TPSA) is 60.2 Å². The SMILES string of the molecule is CCCC1CCC(=O)C(Cc2cccc([N+](=O)[O-])c2F)C1. The predicted octanol–water partition coefficient (Wildman–Crippen LogP) is 4.06. The van der Waals surface area contributed by atoms with Crippen LogP contribution in [0.5, 0.6) is 0 Å². The van der Waals surface area contributed by atoms with Crippen LogP contribution in [0, 0.1) is 27.8 Å². The lowest BCUT2D eigenvalue weighted by molar-refractivity contribution is -0.387. The summed E-state index contributed by atoms with van der Waals surface area (Å²) in [6.45, 7) is 2.12. The van der Waals surface area contributed by atoms with Crippen LogP contribution in [-0.2, 0) is 11.2 Å². The van der Waals surface area contributed by atoms with Crippen molar-refractivity contribution in [2.75, 3.05) is 0 Å². The van der Waals surface area contributed by atoms with Gasteiger partial charge in [-0.3, -0.25) is 14.9 Å². The summed E-state index contributed by atoms with van der Waals surface area (Å²) in [5.41, 5.74) is -0.236. The fourth-order valence-electron chi connectivity index (χ4n) is 3.20. The van der Waals surface area contributed by atoms with Gasteiger partial charge in [0.25, 0.3) is 0 Å². The molecule has 1 aromatic rings. The summed E-state index contributed by atoms with van der Waals surface area (Å²) in [5, 5.41) is 10.8. The van der Waals surface area contributed by atoms with Gasteiger partial charge in [-0.2, -0.15) is 4.39 Å². The van der Waals surface area contributed by atoms with Gasteiger partial charge in [0.05, 0.1) is 4.92 Å². The lowest BCUT2D eigenvalue weighted by atomic mass is 9.76. The van der Waals surface area contributed by atoms with Crippen molar-refractivity contribution in [2.45, 2.75) is 45.4 Å². The van der Waals surface area contributed by atoms with Gasteiger partial charge in [-0.05, 0) is 30.7 Å². The van der Waals surface area contributed by atoms with E-state index in [1.54, 1.807) is 6.07 Å². The Bertz CT molecular complexity index is 544. The smallest absolute Gasteiger partial charge is 0.299 e. The summed E-state index contributed by atoms with van der Waals surface area (Å²) in [6, 6.07) is 4.17. The molecule has 114 valence electrons. The highest BCUT2D eigenvalue weighted by Crippen LogP contribution is 2.33. The number of carbonyl (C=O) groups excluding carboxylic acids is 1.